The average Bonchev–Trinajstić information content (AvgIpc) is 2.60. The van der Waals surface area contributed by atoms with Crippen LogP contribution in [0, 0.1) is 0 Å². The molecule has 3 rings (SSSR count). The summed E-state index contributed by atoms with van der Waals surface area (Å²) in [6, 6.07) is 21.0. The Morgan fingerprint density at radius 3 is 2.24 bits per heavy atom. The van der Waals surface area contributed by atoms with Crippen molar-refractivity contribution in [1.82, 2.24) is 0 Å². The van der Waals surface area contributed by atoms with Gasteiger partial charge in [0.15, 0.2) is 0 Å². The third kappa shape index (κ3) is 5.30. The molecule has 3 aromatic carbocycles. The summed E-state index contributed by atoms with van der Waals surface area (Å²) in [5, 5.41) is 5.23. The Morgan fingerprint density at radius 2 is 1.52 bits per heavy atom. The zero-order valence-corrected chi connectivity index (χ0v) is 15.6. The van der Waals surface area contributed by atoms with Crippen LogP contribution in [-0.2, 0) is 13.2 Å². The minimum Gasteiger partial charge on any atom is -0.489 e. The quantitative estimate of drug-likeness (QED) is 0.496. The van der Waals surface area contributed by atoms with Crippen LogP contribution in [0.3, 0.4) is 0 Å². The summed E-state index contributed by atoms with van der Waals surface area (Å²) in [4.78, 5) is 0. The Morgan fingerprint density at radius 1 is 0.760 bits per heavy atom. The minimum atomic E-state index is 0.485. The molecular formula is C20H16Cl3NO. The fourth-order valence-corrected chi connectivity index (χ4v) is 3.02. The summed E-state index contributed by atoms with van der Waals surface area (Å²) in [7, 11) is 0. The van der Waals surface area contributed by atoms with Crippen molar-refractivity contribution in [2.75, 3.05) is 5.32 Å². The summed E-state index contributed by atoms with van der Waals surface area (Å²) in [6.45, 7) is 1.15. The molecule has 0 amide bonds. The van der Waals surface area contributed by atoms with E-state index in [1.807, 2.05) is 60.7 Å². The third-order valence-corrected chi connectivity index (χ3v) is 4.41. The van der Waals surface area contributed by atoms with Crippen LogP contribution in [-0.4, -0.2) is 0 Å². The summed E-state index contributed by atoms with van der Waals surface area (Å²) < 4.78 is 5.78. The van der Waals surface area contributed by atoms with Crippen LogP contribution in [0.2, 0.25) is 15.1 Å². The Hall–Kier alpha value is -1.87. The van der Waals surface area contributed by atoms with Crippen LogP contribution in [0.4, 0.5) is 5.69 Å². The number of ether oxygens (including phenoxy) is 1. The van der Waals surface area contributed by atoms with E-state index >= 15 is 0 Å². The first-order valence-electron chi connectivity index (χ1n) is 7.75. The van der Waals surface area contributed by atoms with Gasteiger partial charge < -0.3 is 10.1 Å². The molecule has 0 saturated carbocycles. The molecule has 0 radical (unpaired) electrons. The van der Waals surface area contributed by atoms with Gasteiger partial charge in [-0.05, 0) is 53.6 Å². The smallest absolute Gasteiger partial charge is 0.119 e. The third-order valence-electron chi connectivity index (χ3n) is 3.63. The number of hydrogen-bond acceptors (Lipinski definition) is 2. The second kappa shape index (κ2) is 8.48. The van der Waals surface area contributed by atoms with Crippen LogP contribution >= 0.6 is 34.8 Å². The highest BCUT2D eigenvalue weighted by molar-refractivity contribution is 6.36. The number of halogens is 3. The standard InChI is InChI=1S/C20H16Cl3NO/c21-16-3-1-2-15(10-16)13-25-18-7-4-14(5-8-18)12-24-20-9-6-17(22)11-19(20)23/h1-11,24H,12-13H2. The van der Waals surface area contributed by atoms with E-state index < -0.39 is 0 Å². The first-order chi connectivity index (χ1) is 12.1. The molecule has 25 heavy (non-hydrogen) atoms. The molecule has 0 fully saturated rings. The van der Waals surface area contributed by atoms with Gasteiger partial charge in [0.2, 0.25) is 0 Å². The second-order valence-corrected chi connectivity index (χ2v) is 6.82. The molecule has 0 aliphatic rings. The molecule has 128 valence electrons. The van der Waals surface area contributed by atoms with E-state index in [0.717, 1.165) is 22.6 Å². The highest BCUT2D eigenvalue weighted by Crippen LogP contribution is 2.26. The van der Waals surface area contributed by atoms with Crippen molar-refractivity contribution < 1.29 is 4.74 Å². The fraction of sp³-hybridized carbons (Fsp3) is 0.100. The molecule has 3 aromatic rings. The monoisotopic (exact) mass is 391 g/mol. The van der Waals surface area contributed by atoms with Crippen molar-refractivity contribution in [3.63, 3.8) is 0 Å². The van der Waals surface area contributed by atoms with Gasteiger partial charge in [-0.3, -0.25) is 0 Å². The lowest BCUT2D eigenvalue weighted by Gasteiger charge is -2.10. The van der Waals surface area contributed by atoms with E-state index in [1.54, 1.807) is 6.07 Å². The molecule has 0 aromatic heterocycles. The zero-order valence-electron chi connectivity index (χ0n) is 13.3. The van der Waals surface area contributed by atoms with Crippen molar-refractivity contribution >= 4 is 40.5 Å². The van der Waals surface area contributed by atoms with Crippen LogP contribution < -0.4 is 10.1 Å². The van der Waals surface area contributed by atoms with Gasteiger partial charge in [-0.25, -0.2) is 0 Å². The fourth-order valence-electron chi connectivity index (χ4n) is 2.33. The van der Waals surface area contributed by atoms with Crippen molar-refractivity contribution in [1.29, 1.82) is 0 Å². The van der Waals surface area contributed by atoms with Gasteiger partial charge in [-0.2, -0.15) is 0 Å². The number of hydrogen-bond donors (Lipinski definition) is 1. The van der Waals surface area contributed by atoms with Gasteiger partial charge in [0.25, 0.3) is 0 Å². The summed E-state index contributed by atoms with van der Waals surface area (Å²) in [5.74, 6) is 0.813. The molecule has 1 N–H and O–H groups in total. The maximum Gasteiger partial charge on any atom is 0.119 e. The number of rotatable bonds is 6. The van der Waals surface area contributed by atoms with Gasteiger partial charge in [0.05, 0.1) is 10.7 Å². The number of benzene rings is 3. The van der Waals surface area contributed by atoms with E-state index in [-0.39, 0.29) is 0 Å². The molecule has 2 nitrogen and oxygen atoms in total. The van der Waals surface area contributed by atoms with Gasteiger partial charge >= 0.3 is 0 Å². The Labute approximate surface area is 162 Å². The van der Waals surface area contributed by atoms with Gasteiger partial charge in [-0.15, -0.1) is 0 Å². The largest absolute Gasteiger partial charge is 0.489 e. The van der Waals surface area contributed by atoms with Gasteiger partial charge in [-0.1, -0.05) is 59.1 Å². The average molecular weight is 393 g/mol. The highest BCUT2D eigenvalue weighted by Gasteiger charge is 2.02. The summed E-state index contributed by atoms with van der Waals surface area (Å²) in [5.41, 5.74) is 3.02. The lowest BCUT2D eigenvalue weighted by atomic mass is 10.2. The van der Waals surface area contributed by atoms with Gasteiger partial charge in [0.1, 0.15) is 12.4 Å². The molecule has 0 unspecified atom stereocenters. The Balaban J connectivity index is 1.55. The Kier molecular flexibility index (Phi) is 6.09. The van der Waals surface area contributed by atoms with E-state index in [0.29, 0.717) is 28.2 Å². The summed E-state index contributed by atoms with van der Waals surface area (Å²) >= 11 is 18.0. The molecule has 0 atom stereocenters. The maximum atomic E-state index is 6.16. The van der Waals surface area contributed by atoms with Crippen molar-refractivity contribution in [3.05, 3.63) is 92.9 Å². The molecule has 0 bridgehead atoms. The van der Waals surface area contributed by atoms with Crippen LogP contribution in [0.5, 0.6) is 5.75 Å². The van der Waals surface area contributed by atoms with E-state index in [4.69, 9.17) is 39.5 Å². The van der Waals surface area contributed by atoms with Crippen LogP contribution in [0.1, 0.15) is 11.1 Å². The first-order valence-corrected chi connectivity index (χ1v) is 8.89. The van der Waals surface area contributed by atoms with Crippen molar-refractivity contribution in [2.45, 2.75) is 13.2 Å². The highest BCUT2D eigenvalue weighted by atomic mass is 35.5. The van der Waals surface area contributed by atoms with Crippen LogP contribution in [0.15, 0.2) is 66.7 Å². The molecule has 0 aliphatic heterocycles. The molecular weight excluding hydrogens is 377 g/mol. The summed E-state index contributed by atoms with van der Waals surface area (Å²) in [6.07, 6.45) is 0. The number of anilines is 1. The number of nitrogens with one attached hydrogen (secondary N) is 1. The Bertz CT molecular complexity index is 850. The van der Waals surface area contributed by atoms with Crippen molar-refractivity contribution in [2.24, 2.45) is 0 Å². The topological polar surface area (TPSA) is 21.3 Å². The van der Waals surface area contributed by atoms with Crippen LogP contribution in [0.25, 0.3) is 0 Å². The molecule has 0 aliphatic carbocycles. The normalized spacial score (nSPS) is 10.5. The molecule has 0 saturated heterocycles. The van der Waals surface area contributed by atoms with E-state index in [2.05, 4.69) is 5.32 Å². The second-order valence-electron chi connectivity index (χ2n) is 5.54. The predicted octanol–water partition coefficient (Wildman–Crippen LogP) is 6.84. The van der Waals surface area contributed by atoms with E-state index in [9.17, 15) is 0 Å². The molecule has 5 heteroatoms. The first kappa shape index (κ1) is 17.9. The molecule has 0 heterocycles. The van der Waals surface area contributed by atoms with Crippen molar-refractivity contribution in [3.8, 4) is 5.75 Å². The SMILES string of the molecule is Clc1cccc(COc2ccc(CNc3ccc(Cl)cc3Cl)cc2)c1. The zero-order chi connectivity index (χ0) is 17.6. The molecule has 0 spiro atoms. The maximum absolute atomic E-state index is 6.16. The minimum absolute atomic E-state index is 0.485. The van der Waals surface area contributed by atoms with Gasteiger partial charge in [0, 0.05) is 16.6 Å². The van der Waals surface area contributed by atoms with E-state index in [1.165, 1.54) is 0 Å². The lowest BCUT2D eigenvalue weighted by molar-refractivity contribution is 0.306. The predicted molar refractivity (Wildman–Crippen MR) is 106 cm³/mol. The lowest BCUT2D eigenvalue weighted by Crippen LogP contribution is -2.00.